The highest BCUT2D eigenvalue weighted by Gasteiger charge is 2.22. The van der Waals surface area contributed by atoms with E-state index in [1.807, 2.05) is 19.9 Å². The Morgan fingerprint density at radius 3 is 2.20 bits per heavy atom. The number of hydrogen-bond donors (Lipinski definition) is 1. The lowest BCUT2D eigenvalue weighted by Crippen LogP contribution is -2.11. The van der Waals surface area contributed by atoms with E-state index < -0.39 is 13.9 Å². The van der Waals surface area contributed by atoms with Gasteiger partial charge in [0.1, 0.15) is 6.16 Å². The van der Waals surface area contributed by atoms with Gasteiger partial charge in [-0.2, -0.15) is 5.26 Å². The maximum absolute atomic E-state index is 11.3. The molecule has 1 aliphatic rings. The van der Waals surface area contributed by atoms with Crippen molar-refractivity contribution < 1.29 is 23.5 Å². The fourth-order valence-corrected chi connectivity index (χ4v) is 2.73. The minimum atomic E-state index is -3.08. The van der Waals surface area contributed by atoms with E-state index in [1.165, 1.54) is 0 Å². The van der Waals surface area contributed by atoms with Crippen molar-refractivity contribution in [1.82, 2.24) is 0 Å². The minimum Gasteiger partial charge on any atom is -0.364 e. The van der Waals surface area contributed by atoms with Crippen molar-refractivity contribution in [2.45, 2.75) is 46.5 Å². The molecular formula is C13H24NO5P. The molecule has 7 heteroatoms. The second kappa shape index (κ2) is 10.1. The molecule has 1 rings (SSSR count). The molecule has 0 aromatic rings. The first-order valence-electron chi connectivity index (χ1n) is 6.69. The molecule has 20 heavy (non-hydrogen) atoms. The Morgan fingerprint density at radius 2 is 1.95 bits per heavy atom. The lowest BCUT2D eigenvalue weighted by molar-refractivity contribution is -0.0795. The van der Waals surface area contributed by atoms with Crippen LogP contribution >= 0.6 is 7.60 Å². The molecule has 2 atom stereocenters. The van der Waals surface area contributed by atoms with Crippen molar-refractivity contribution in [3.8, 4) is 6.07 Å². The lowest BCUT2D eigenvalue weighted by Gasteiger charge is -2.12. The molecule has 1 aliphatic heterocycles. The molecular weight excluding hydrogens is 281 g/mol. The van der Waals surface area contributed by atoms with Crippen molar-refractivity contribution in [2.75, 3.05) is 19.4 Å². The van der Waals surface area contributed by atoms with Gasteiger partial charge in [0.05, 0.1) is 25.4 Å². The molecule has 0 saturated heterocycles. The van der Waals surface area contributed by atoms with Crippen LogP contribution in [-0.2, 0) is 18.3 Å². The number of nitriles is 1. The highest BCUT2D eigenvalue weighted by Crippen LogP contribution is 2.47. The van der Waals surface area contributed by atoms with Gasteiger partial charge in [0.2, 0.25) is 0 Å². The summed E-state index contributed by atoms with van der Waals surface area (Å²) < 4.78 is 26.1. The number of aliphatic hydroxyl groups excluding tert-OH is 1. The van der Waals surface area contributed by atoms with Crippen molar-refractivity contribution in [3.63, 3.8) is 0 Å². The Bertz CT molecular complexity index is 381. The third kappa shape index (κ3) is 7.18. The van der Waals surface area contributed by atoms with E-state index in [-0.39, 0.29) is 12.3 Å². The van der Waals surface area contributed by atoms with Gasteiger partial charge in [0, 0.05) is 0 Å². The molecule has 1 N–H and O–H groups in total. The summed E-state index contributed by atoms with van der Waals surface area (Å²) in [5, 5.41) is 17.3. The van der Waals surface area contributed by atoms with Crippen LogP contribution < -0.4 is 0 Å². The highest BCUT2D eigenvalue weighted by atomic mass is 31.2. The molecule has 0 aliphatic carbocycles. The molecule has 0 spiro atoms. The first-order chi connectivity index (χ1) is 9.42. The average Bonchev–Trinajstić information content (AvgIpc) is 2.70. The molecule has 116 valence electrons. The van der Waals surface area contributed by atoms with Crippen LogP contribution in [0.3, 0.4) is 0 Å². The molecule has 1 heterocycles. The summed E-state index contributed by atoms with van der Waals surface area (Å²) in [6.45, 7) is 7.94. The Morgan fingerprint density at radius 1 is 1.40 bits per heavy atom. The summed E-state index contributed by atoms with van der Waals surface area (Å²) in [5.74, 6) is 0. The van der Waals surface area contributed by atoms with Crippen LogP contribution in [0.5, 0.6) is 0 Å². The fraction of sp³-hybridized carbons (Fsp3) is 0.769. The second-order valence-corrected chi connectivity index (χ2v) is 6.16. The van der Waals surface area contributed by atoms with Crippen molar-refractivity contribution >= 4 is 7.60 Å². The summed E-state index contributed by atoms with van der Waals surface area (Å²) in [6, 6.07) is 1.76. The number of hydrogen-bond acceptors (Lipinski definition) is 6. The minimum absolute atomic E-state index is 0.139. The van der Waals surface area contributed by atoms with Crippen LogP contribution in [0.2, 0.25) is 0 Å². The van der Waals surface area contributed by atoms with Crippen LogP contribution in [0.15, 0.2) is 11.6 Å². The van der Waals surface area contributed by atoms with Gasteiger partial charge in [0.15, 0.2) is 6.29 Å². The largest absolute Gasteiger partial charge is 0.364 e. The summed E-state index contributed by atoms with van der Waals surface area (Å²) in [4.78, 5) is 0. The average molecular weight is 305 g/mol. The van der Waals surface area contributed by atoms with E-state index in [2.05, 4.69) is 0 Å². The summed E-state index contributed by atoms with van der Waals surface area (Å²) in [6.07, 6.45) is 2.23. The summed E-state index contributed by atoms with van der Waals surface area (Å²) >= 11 is 0. The first kappa shape index (κ1) is 19.3. The highest BCUT2D eigenvalue weighted by molar-refractivity contribution is 7.54. The molecule has 6 nitrogen and oxygen atoms in total. The number of aliphatic hydroxyl groups is 1. The van der Waals surface area contributed by atoms with Crippen LogP contribution in [0.1, 0.15) is 34.1 Å². The smallest absolute Gasteiger partial charge is 0.344 e. The summed E-state index contributed by atoms with van der Waals surface area (Å²) in [7, 11) is -3.08. The topological polar surface area (TPSA) is 88.8 Å². The van der Waals surface area contributed by atoms with Gasteiger partial charge in [0.25, 0.3) is 0 Å². The van der Waals surface area contributed by atoms with Crippen LogP contribution in [0, 0.1) is 11.3 Å². The van der Waals surface area contributed by atoms with E-state index in [9.17, 15) is 4.57 Å². The Hall–Kier alpha value is -0.700. The van der Waals surface area contributed by atoms with Crippen LogP contribution in [-0.4, -0.2) is 36.9 Å². The molecule has 0 fully saturated rings. The van der Waals surface area contributed by atoms with Crippen LogP contribution in [0.4, 0.5) is 0 Å². The van der Waals surface area contributed by atoms with Gasteiger partial charge in [-0.25, -0.2) is 0 Å². The predicted octanol–water partition coefficient (Wildman–Crippen LogP) is 2.84. The molecule has 1 unspecified atom stereocenters. The van der Waals surface area contributed by atoms with Crippen LogP contribution in [0.25, 0.3) is 0 Å². The third-order valence-corrected chi connectivity index (χ3v) is 4.29. The van der Waals surface area contributed by atoms with E-state index in [0.29, 0.717) is 13.2 Å². The molecule has 0 aromatic heterocycles. The normalized spacial score (nSPS) is 21.7. The van der Waals surface area contributed by atoms with Gasteiger partial charge < -0.3 is 18.9 Å². The van der Waals surface area contributed by atoms with E-state index in [1.54, 1.807) is 19.9 Å². The number of ether oxygens (including phenoxy) is 1. The van der Waals surface area contributed by atoms with Gasteiger partial charge >= 0.3 is 7.60 Å². The van der Waals surface area contributed by atoms with Crippen molar-refractivity contribution in [1.29, 1.82) is 5.26 Å². The summed E-state index contributed by atoms with van der Waals surface area (Å²) in [5.41, 5.74) is 0.932. The molecule has 0 bridgehead atoms. The lowest BCUT2D eigenvalue weighted by atomic mass is 10.2. The maximum Gasteiger partial charge on any atom is 0.344 e. The predicted molar refractivity (Wildman–Crippen MR) is 76.3 cm³/mol. The second-order valence-electron chi connectivity index (χ2n) is 4.11. The van der Waals surface area contributed by atoms with Gasteiger partial charge in [-0.1, -0.05) is 13.0 Å². The molecule has 0 aromatic carbocycles. The van der Waals surface area contributed by atoms with E-state index in [0.717, 1.165) is 12.0 Å². The standard InChI is InChI=1S/C7H12O2.C6H12NO3P/c1-3-6-4-5(2)7(8)9-6;1-3-9-11(8,6-5-7)10-4-2/h4,6-8H,3H2,1-2H3;3-4,6H2,1-2H3/t6-,7?;/m1./s1. The Labute approximate surface area is 120 Å². The number of nitrogens with zero attached hydrogens (tertiary/aromatic N) is 1. The maximum atomic E-state index is 11.3. The first-order valence-corrected chi connectivity index (χ1v) is 8.42. The zero-order valence-corrected chi connectivity index (χ0v) is 13.4. The third-order valence-electron chi connectivity index (χ3n) is 2.46. The molecule has 0 radical (unpaired) electrons. The van der Waals surface area contributed by atoms with Crippen molar-refractivity contribution in [2.24, 2.45) is 0 Å². The van der Waals surface area contributed by atoms with Gasteiger partial charge in [-0.3, -0.25) is 4.57 Å². The quantitative estimate of drug-likeness (QED) is 0.599. The zero-order chi connectivity index (χ0) is 15.6. The Balaban J connectivity index is 0.000000367. The zero-order valence-electron chi connectivity index (χ0n) is 12.5. The monoisotopic (exact) mass is 305 g/mol. The van der Waals surface area contributed by atoms with Gasteiger partial charge in [-0.05, 0) is 32.8 Å². The fourth-order valence-electron chi connectivity index (χ4n) is 1.51. The van der Waals surface area contributed by atoms with Gasteiger partial charge in [-0.15, -0.1) is 0 Å². The van der Waals surface area contributed by atoms with E-state index in [4.69, 9.17) is 24.2 Å². The van der Waals surface area contributed by atoms with Crippen molar-refractivity contribution in [3.05, 3.63) is 11.6 Å². The number of rotatable bonds is 6. The molecule has 0 saturated carbocycles. The Kier molecular flexibility index (Phi) is 9.74. The SMILES string of the molecule is CCOP(=O)(CC#N)OCC.CC[C@@H]1C=C(C)C(O)O1. The van der Waals surface area contributed by atoms with E-state index >= 15 is 0 Å². The molecule has 0 amide bonds.